The molecule has 0 bridgehead atoms. The highest BCUT2D eigenvalue weighted by atomic mass is 16.5. The van der Waals surface area contributed by atoms with Crippen LogP contribution in [0.5, 0.6) is 5.75 Å². The zero-order chi connectivity index (χ0) is 18.5. The first-order valence-corrected chi connectivity index (χ1v) is 8.15. The summed E-state index contributed by atoms with van der Waals surface area (Å²) in [5.41, 5.74) is 0.0599. The van der Waals surface area contributed by atoms with Gasteiger partial charge in [0.15, 0.2) is 0 Å². The number of benzene rings is 1. The average Bonchev–Trinajstić information content (AvgIpc) is 3.15. The second-order valence-electron chi connectivity index (χ2n) is 6.08. The highest BCUT2D eigenvalue weighted by molar-refractivity contribution is 5.95. The van der Waals surface area contributed by atoms with E-state index in [2.05, 4.69) is 34.1 Å². The molecule has 0 aliphatic carbocycles. The van der Waals surface area contributed by atoms with Crippen LogP contribution in [0.3, 0.4) is 0 Å². The van der Waals surface area contributed by atoms with E-state index < -0.39 is 11.5 Å². The number of aromatic amines is 1. The quantitative estimate of drug-likeness (QED) is 0.706. The van der Waals surface area contributed by atoms with Gasteiger partial charge in [-0.2, -0.15) is 0 Å². The molecule has 0 aliphatic heterocycles. The minimum absolute atomic E-state index is 0.0714. The van der Waals surface area contributed by atoms with Gasteiger partial charge in [-0.15, -0.1) is 0 Å². The molecule has 0 unspecified atom stereocenters. The fourth-order valence-corrected chi connectivity index (χ4v) is 2.21. The van der Waals surface area contributed by atoms with Crippen molar-refractivity contribution >= 4 is 17.5 Å². The van der Waals surface area contributed by atoms with Gasteiger partial charge >= 0.3 is 0 Å². The molecule has 3 aromatic rings. The minimum atomic E-state index is -0.540. The summed E-state index contributed by atoms with van der Waals surface area (Å²) in [6, 6.07) is 7.36. The van der Waals surface area contributed by atoms with Gasteiger partial charge in [-0.3, -0.25) is 19.1 Å². The smallest absolute Gasteiger partial charge is 0.270 e. The Hall–Kier alpha value is -3.42. The molecule has 0 fully saturated rings. The maximum atomic E-state index is 12.2. The molecule has 26 heavy (non-hydrogen) atoms. The molecule has 3 rings (SSSR count). The highest BCUT2D eigenvalue weighted by Crippen LogP contribution is 2.26. The number of hydrogen-bond donors (Lipinski definition) is 2. The summed E-state index contributed by atoms with van der Waals surface area (Å²) >= 11 is 0. The number of rotatable bonds is 6. The molecular weight excluding hydrogens is 334 g/mol. The van der Waals surface area contributed by atoms with Crippen molar-refractivity contribution in [1.82, 2.24) is 19.5 Å². The fourth-order valence-electron chi connectivity index (χ4n) is 2.21. The van der Waals surface area contributed by atoms with Crippen molar-refractivity contribution in [2.24, 2.45) is 5.92 Å². The first-order valence-electron chi connectivity index (χ1n) is 8.15. The number of H-pyrrole nitrogens is 1. The molecule has 0 saturated carbocycles. The molecule has 0 saturated heterocycles. The Kier molecular flexibility index (Phi) is 5.12. The van der Waals surface area contributed by atoms with E-state index in [1.165, 1.54) is 29.5 Å². The molecular formula is C18H19N5O3. The van der Waals surface area contributed by atoms with Gasteiger partial charge in [0.05, 0.1) is 12.3 Å². The summed E-state index contributed by atoms with van der Waals surface area (Å²) in [6.07, 6.45) is 5.50. The van der Waals surface area contributed by atoms with Gasteiger partial charge in [-0.05, 0) is 18.1 Å². The molecule has 2 N–H and O–H groups in total. The van der Waals surface area contributed by atoms with Crippen molar-refractivity contribution in [3.8, 4) is 5.75 Å². The summed E-state index contributed by atoms with van der Waals surface area (Å²) in [5.74, 6) is 0.762. The number of anilines is 2. The molecule has 1 aromatic carbocycles. The van der Waals surface area contributed by atoms with E-state index in [-0.39, 0.29) is 11.5 Å². The standard InChI is InChI=1S/C18H19N5O3/c1-12(2)10-26-15-6-4-3-5-14(15)21-18-20-9-13(16(24)22-18)17(25)23-8-7-19-11-23/h3-9,11-12H,10H2,1-2H3,(H2,20,21,22,24). The summed E-state index contributed by atoms with van der Waals surface area (Å²) in [7, 11) is 0. The number of aromatic nitrogens is 4. The molecule has 0 spiro atoms. The number of para-hydroxylation sites is 2. The molecule has 134 valence electrons. The van der Waals surface area contributed by atoms with Crippen LogP contribution < -0.4 is 15.6 Å². The van der Waals surface area contributed by atoms with Crippen molar-refractivity contribution in [2.45, 2.75) is 13.8 Å². The predicted octanol–water partition coefficient (Wildman–Crippen LogP) is 2.43. The van der Waals surface area contributed by atoms with Crippen molar-refractivity contribution in [2.75, 3.05) is 11.9 Å². The largest absolute Gasteiger partial charge is 0.491 e. The van der Waals surface area contributed by atoms with Crippen molar-refractivity contribution in [3.05, 3.63) is 65.1 Å². The Labute approximate surface area is 149 Å². The van der Waals surface area contributed by atoms with E-state index in [1.54, 1.807) is 0 Å². The summed E-state index contributed by atoms with van der Waals surface area (Å²) in [5, 5.41) is 3.02. The van der Waals surface area contributed by atoms with Gasteiger partial charge < -0.3 is 10.1 Å². The molecule has 8 nitrogen and oxygen atoms in total. The van der Waals surface area contributed by atoms with E-state index in [0.29, 0.717) is 24.0 Å². The monoisotopic (exact) mass is 353 g/mol. The summed E-state index contributed by atoms with van der Waals surface area (Å²) < 4.78 is 6.98. The maximum Gasteiger partial charge on any atom is 0.270 e. The van der Waals surface area contributed by atoms with Gasteiger partial charge in [-0.1, -0.05) is 26.0 Å². The van der Waals surface area contributed by atoms with Crippen molar-refractivity contribution in [1.29, 1.82) is 0 Å². The average molecular weight is 353 g/mol. The zero-order valence-electron chi connectivity index (χ0n) is 14.5. The molecule has 2 heterocycles. The van der Waals surface area contributed by atoms with E-state index in [4.69, 9.17) is 4.74 Å². The number of ether oxygens (including phenoxy) is 1. The summed E-state index contributed by atoms with van der Waals surface area (Å²) in [4.78, 5) is 35.0. The second kappa shape index (κ2) is 7.64. The van der Waals surface area contributed by atoms with Crippen molar-refractivity contribution < 1.29 is 9.53 Å². The first kappa shape index (κ1) is 17.4. The third-order valence-electron chi connectivity index (χ3n) is 3.48. The molecule has 2 aromatic heterocycles. The van der Waals surface area contributed by atoms with Crippen LogP contribution in [0.2, 0.25) is 0 Å². The van der Waals surface area contributed by atoms with E-state index >= 15 is 0 Å². The van der Waals surface area contributed by atoms with Crippen LogP contribution >= 0.6 is 0 Å². The summed E-state index contributed by atoms with van der Waals surface area (Å²) in [6.45, 7) is 4.69. The van der Waals surface area contributed by atoms with Crippen molar-refractivity contribution in [3.63, 3.8) is 0 Å². The highest BCUT2D eigenvalue weighted by Gasteiger charge is 2.14. The normalized spacial score (nSPS) is 10.7. The van der Waals surface area contributed by atoms with Crippen LogP contribution in [0, 0.1) is 5.92 Å². The number of carbonyl (C=O) groups is 1. The van der Waals surface area contributed by atoms with Crippen LogP contribution in [0.15, 0.2) is 54.0 Å². The second-order valence-corrected chi connectivity index (χ2v) is 6.08. The van der Waals surface area contributed by atoms with Gasteiger partial charge in [0.1, 0.15) is 17.6 Å². The topological polar surface area (TPSA) is 102 Å². The van der Waals surface area contributed by atoms with Crippen LogP contribution in [-0.4, -0.2) is 32.0 Å². The SMILES string of the molecule is CC(C)COc1ccccc1Nc1ncc(C(=O)n2ccnc2)c(=O)[nH]1. The molecule has 8 heteroatoms. The van der Waals surface area contributed by atoms with Crippen LogP contribution in [0.25, 0.3) is 0 Å². The maximum absolute atomic E-state index is 12.2. The molecule has 0 aliphatic rings. The Morgan fingerprint density at radius 1 is 1.35 bits per heavy atom. The number of hydrogen-bond acceptors (Lipinski definition) is 6. The Morgan fingerprint density at radius 3 is 2.85 bits per heavy atom. The van der Waals surface area contributed by atoms with Crippen LogP contribution in [-0.2, 0) is 0 Å². The lowest BCUT2D eigenvalue weighted by molar-refractivity contribution is 0.0958. The fraction of sp³-hybridized carbons (Fsp3) is 0.222. The Bertz CT molecular complexity index is 947. The van der Waals surface area contributed by atoms with Gasteiger partial charge in [0, 0.05) is 18.6 Å². The lowest BCUT2D eigenvalue weighted by Gasteiger charge is -2.14. The molecule has 0 atom stereocenters. The minimum Gasteiger partial charge on any atom is -0.491 e. The number of imidazole rings is 1. The lowest BCUT2D eigenvalue weighted by atomic mass is 10.2. The zero-order valence-corrected chi connectivity index (χ0v) is 14.5. The lowest BCUT2D eigenvalue weighted by Crippen LogP contribution is -2.23. The predicted molar refractivity (Wildman–Crippen MR) is 96.9 cm³/mol. The first-order chi connectivity index (χ1) is 12.5. The number of nitrogens with one attached hydrogen (secondary N) is 2. The molecule has 0 amide bonds. The number of nitrogens with zero attached hydrogens (tertiary/aromatic N) is 3. The van der Waals surface area contributed by atoms with E-state index in [9.17, 15) is 9.59 Å². The molecule has 0 radical (unpaired) electrons. The van der Waals surface area contributed by atoms with E-state index in [1.807, 2.05) is 24.3 Å². The van der Waals surface area contributed by atoms with Crippen LogP contribution in [0.4, 0.5) is 11.6 Å². The van der Waals surface area contributed by atoms with E-state index in [0.717, 1.165) is 0 Å². The third kappa shape index (κ3) is 3.97. The Morgan fingerprint density at radius 2 is 2.15 bits per heavy atom. The third-order valence-corrected chi connectivity index (χ3v) is 3.48. The van der Waals surface area contributed by atoms with Gasteiger partial charge in [-0.25, -0.2) is 9.97 Å². The van der Waals surface area contributed by atoms with Crippen LogP contribution in [0.1, 0.15) is 24.2 Å². The Balaban J connectivity index is 1.81. The van der Waals surface area contributed by atoms with Gasteiger partial charge in [0.2, 0.25) is 5.95 Å². The van der Waals surface area contributed by atoms with Gasteiger partial charge in [0.25, 0.3) is 11.5 Å². The number of carbonyl (C=O) groups excluding carboxylic acids is 1.